The molecule has 5 heteroatoms. The number of carbonyl (C=O) groups is 2. The Morgan fingerprint density at radius 3 is 2.56 bits per heavy atom. The molecule has 5 nitrogen and oxygen atoms in total. The number of ether oxygens (including phenoxy) is 1. The topological polar surface area (TPSA) is 75.6 Å². The van der Waals surface area contributed by atoms with Gasteiger partial charge in [0.2, 0.25) is 5.91 Å². The van der Waals surface area contributed by atoms with Crippen LogP contribution >= 0.6 is 0 Å². The molecule has 0 radical (unpaired) electrons. The lowest BCUT2D eigenvalue weighted by atomic mass is 10.1. The summed E-state index contributed by atoms with van der Waals surface area (Å²) in [6, 6.07) is 5.60. The third kappa shape index (κ3) is 3.93. The zero-order valence-electron chi connectivity index (χ0n) is 10.1. The first-order valence-electron chi connectivity index (χ1n) is 5.35. The number of methoxy groups -OCH3 is 1. The molecule has 0 unspecified atom stereocenters. The number of hydrogen-bond donors (Lipinski definition) is 2. The minimum Gasteiger partial charge on any atom is -0.508 e. The molecule has 0 saturated heterocycles. The first kappa shape index (κ1) is 13.8. The molecule has 96 valence electrons. The van der Waals surface area contributed by atoms with Crippen molar-refractivity contribution in [2.24, 2.45) is 0 Å². The monoisotopic (exact) mass is 249 g/mol. The molecule has 18 heavy (non-hydrogen) atoms. The molecule has 0 saturated carbocycles. The highest BCUT2D eigenvalue weighted by molar-refractivity contribution is 5.91. The van der Waals surface area contributed by atoms with Crippen LogP contribution < -0.4 is 5.32 Å². The number of hydrogen-bond acceptors (Lipinski definition) is 4. The van der Waals surface area contributed by atoms with E-state index in [-0.39, 0.29) is 12.2 Å². The van der Waals surface area contributed by atoms with Crippen LogP contribution in [-0.4, -0.2) is 30.1 Å². The van der Waals surface area contributed by atoms with Crippen LogP contribution in [0, 0.1) is 0 Å². The van der Waals surface area contributed by atoms with Gasteiger partial charge in [0.25, 0.3) is 0 Å². The smallest absolute Gasteiger partial charge is 0.328 e. The number of phenolic OH excluding ortho intramolecular Hbond substituents is 1. The van der Waals surface area contributed by atoms with Crippen LogP contribution in [0.25, 0.3) is 0 Å². The average Bonchev–Trinajstić information content (AvgIpc) is 2.39. The van der Waals surface area contributed by atoms with Crippen LogP contribution in [-0.2, 0) is 20.7 Å². The fraction of sp³-hybridized carbons (Fsp3) is 0.231. The Morgan fingerprint density at radius 1 is 1.44 bits per heavy atom. The molecule has 0 fully saturated rings. The molecule has 1 amide bonds. The van der Waals surface area contributed by atoms with E-state index in [4.69, 9.17) is 5.11 Å². The van der Waals surface area contributed by atoms with Crippen LogP contribution in [0.3, 0.4) is 0 Å². The Morgan fingerprint density at radius 2 is 2.06 bits per heavy atom. The summed E-state index contributed by atoms with van der Waals surface area (Å²) in [5.41, 5.74) is 0.799. The zero-order chi connectivity index (χ0) is 13.5. The van der Waals surface area contributed by atoms with E-state index in [1.54, 1.807) is 12.1 Å². The Hall–Kier alpha value is -2.30. The summed E-state index contributed by atoms with van der Waals surface area (Å²) >= 11 is 0. The molecule has 1 atom stereocenters. The minimum atomic E-state index is -0.773. The molecule has 0 aromatic heterocycles. The van der Waals surface area contributed by atoms with Gasteiger partial charge < -0.3 is 15.2 Å². The maximum Gasteiger partial charge on any atom is 0.328 e. The van der Waals surface area contributed by atoms with Crippen molar-refractivity contribution in [1.29, 1.82) is 0 Å². The second-order valence-electron chi connectivity index (χ2n) is 3.66. The van der Waals surface area contributed by atoms with Gasteiger partial charge in [-0.1, -0.05) is 18.7 Å². The van der Waals surface area contributed by atoms with Crippen molar-refractivity contribution in [1.82, 2.24) is 5.32 Å². The maximum atomic E-state index is 11.5. The lowest BCUT2D eigenvalue weighted by Crippen LogP contribution is -2.42. The van der Waals surface area contributed by atoms with E-state index in [0.29, 0.717) is 0 Å². The normalized spacial score (nSPS) is 11.4. The molecule has 1 rings (SSSR count). The van der Waals surface area contributed by atoms with Crippen molar-refractivity contribution in [3.8, 4) is 5.75 Å². The van der Waals surface area contributed by atoms with E-state index in [0.717, 1.165) is 11.6 Å². The van der Waals surface area contributed by atoms with Crippen LogP contribution in [0.5, 0.6) is 5.75 Å². The van der Waals surface area contributed by atoms with Gasteiger partial charge >= 0.3 is 5.97 Å². The third-order valence-corrected chi connectivity index (χ3v) is 2.36. The molecule has 0 heterocycles. The van der Waals surface area contributed by atoms with Gasteiger partial charge in [-0.25, -0.2) is 4.79 Å². The number of aromatic hydroxyl groups is 1. The van der Waals surface area contributed by atoms with E-state index in [1.807, 2.05) is 0 Å². The number of amides is 1. The van der Waals surface area contributed by atoms with E-state index in [1.165, 1.54) is 19.2 Å². The minimum absolute atomic E-state index is 0.142. The fourth-order valence-corrected chi connectivity index (χ4v) is 1.43. The van der Waals surface area contributed by atoms with E-state index < -0.39 is 17.9 Å². The average molecular weight is 249 g/mol. The van der Waals surface area contributed by atoms with Crippen LogP contribution in [0.2, 0.25) is 0 Å². The molecule has 1 aromatic carbocycles. The lowest BCUT2D eigenvalue weighted by Gasteiger charge is -2.15. The molecule has 0 bridgehead atoms. The Bertz CT molecular complexity index is 439. The molecule has 0 aliphatic rings. The summed E-state index contributed by atoms with van der Waals surface area (Å²) in [5.74, 6) is -0.828. The standard InChI is InChI=1S/C13H15NO4/c1-3-12(16)14-11(13(17)18-2)8-9-4-6-10(15)7-5-9/h3-7,11,15H,1,8H2,2H3,(H,14,16)/t11-/m1/s1. The quantitative estimate of drug-likeness (QED) is 0.597. The van der Waals surface area contributed by atoms with Gasteiger partial charge in [-0.05, 0) is 23.8 Å². The van der Waals surface area contributed by atoms with Gasteiger partial charge in [0.05, 0.1) is 7.11 Å². The largest absolute Gasteiger partial charge is 0.508 e. The highest BCUT2D eigenvalue weighted by atomic mass is 16.5. The van der Waals surface area contributed by atoms with Crippen LogP contribution in [0.15, 0.2) is 36.9 Å². The summed E-state index contributed by atoms with van der Waals surface area (Å²) in [7, 11) is 1.26. The van der Waals surface area contributed by atoms with Gasteiger partial charge in [0, 0.05) is 6.42 Å². The van der Waals surface area contributed by atoms with E-state index in [9.17, 15) is 9.59 Å². The summed E-state index contributed by atoms with van der Waals surface area (Å²) in [5, 5.41) is 11.6. The number of rotatable bonds is 5. The zero-order valence-corrected chi connectivity index (χ0v) is 10.1. The number of benzene rings is 1. The molecular formula is C13H15NO4. The Labute approximate surface area is 105 Å². The highest BCUT2D eigenvalue weighted by Gasteiger charge is 2.20. The van der Waals surface area contributed by atoms with Crippen LogP contribution in [0.1, 0.15) is 5.56 Å². The first-order chi connectivity index (χ1) is 8.56. The van der Waals surface area contributed by atoms with Gasteiger partial charge in [-0.15, -0.1) is 0 Å². The molecule has 0 aliphatic carbocycles. The van der Waals surface area contributed by atoms with Gasteiger partial charge in [0.1, 0.15) is 11.8 Å². The maximum absolute atomic E-state index is 11.5. The summed E-state index contributed by atoms with van der Waals surface area (Å²) in [4.78, 5) is 22.7. The predicted molar refractivity (Wildman–Crippen MR) is 66.0 cm³/mol. The van der Waals surface area contributed by atoms with Gasteiger partial charge in [0.15, 0.2) is 0 Å². The third-order valence-electron chi connectivity index (χ3n) is 2.36. The molecular weight excluding hydrogens is 234 g/mol. The number of nitrogens with one attached hydrogen (secondary N) is 1. The second-order valence-corrected chi connectivity index (χ2v) is 3.66. The van der Waals surface area contributed by atoms with Gasteiger partial charge in [-0.2, -0.15) is 0 Å². The fourth-order valence-electron chi connectivity index (χ4n) is 1.43. The lowest BCUT2D eigenvalue weighted by molar-refractivity contribution is -0.144. The Balaban J connectivity index is 2.77. The SMILES string of the molecule is C=CC(=O)N[C@H](Cc1ccc(O)cc1)C(=O)OC. The van der Waals surface area contributed by atoms with Crippen molar-refractivity contribution < 1.29 is 19.4 Å². The van der Waals surface area contributed by atoms with Gasteiger partial charge in [-0.3, -0.25) is 4.79 Å². The van der Waals surface area contributed by atoms with E-state index in [2.05, 4.69) is 16.6 Å². The van der Waals surface area contributed by atoms with Crippen molar-refractivity contribution in [3.63, 3.8) is 0 Å². The second kappa shape index (κ2) is 6.44. The molecule has 0 aliphatic heterocycles. The molecule has 1 aromatic rings. The number of carbonyl (C=O) groups excluding carboxylic acids is 2. The first-order valence-corrected chi connectivity index (χ1v) is 5.35. The summed E-state index contributed by atoms with van der Waals surface area (Å²) in [6.45, 7) is 3.32. The molecule has 2 N–H and O–H groups in total. The highest BCUT2D eigenvalue weighted by Crippen LogP contribution is 2.11. The Kier molecular flexibility index (Phi) is 4.92. The number of esters is 1. The van der Waals surface area contributed by atoms with E-state index >= 15 is 0 Å². The van der Waals surface area contributed by atoms with Crippen molar-refractivity contribution in [3.05, 3.63) is 42.5 Å². The van der Waals surface area contributed by atoms with Crippen molar-refractivity contribution >= 4 is 11.9 Å². The van der Waals surface area contributed by atoms with Crippen molar-refractivity contribution in [2.75, 3.05) is 7.11 Å². The van der Waals surface area contributed by atoms with Crippen LogP contribution in [0.4, 0.5) is 0 Å². The van der Waals surface area contributed by atoms with Crippen molar-refractivity contribution in [2.45, 2.75) is 12.5 Å². The number of phenols is 1. The summed E-state index contributed by atoms with van der Waals surface area (Å²) in [6.07, 6.45) is 1.37. The predicted octanol–water partition coefficient (Wildman–Crippen LogP) is 0.778. The molecule has 0 spiro atoms. The summed E-state index contributed by atoms with van der Waals surface area (Å²) < 4.78 is 4.62.